The zero-order chi connectivity index (χ0) is 14.7. The number of nitrogens with zero attached hydrogens (tertiary/aromatic N) is 2. The summed E-state index contributed by atoms with van der Waals surface area (Å²) in [7, 11) is 1.80. The smallest absolute Gasteiger partial charge is 0.247 e. The van der Waals surface area contributed by atoms with Gasteiger partial charge in [-0.25, -0.2) is 0 Å². The van der Waals surface area contributed by atoms with E-state index in [9.17, 15) is 0 Å². The lowest BCUT2D eigenvalue weighted by atomic mass is 9.92. The third kappa shape index (κ3) is 3.08. The minimum Gasteiger partial charge on any atom is -0.423 e. The van der Waals surface area contributed by atoms with Crippen molar-refractivity contribution < 1.29 is 9.15 Å². The Kier molecular flexibility index (Phi) is 4.20. The van der Waals surface area contributed by atoms with Gasteiger partial charge in [0.05, 0.1) is 12.1 Å². The summed E-state index contributed by atoms with van der Waals surface area (Å²) < 4.78 is 10.8. The molecular weight excluding hydrogens is 266 g/mol. The first-order valence-corrected chi connectivity index (χ1v) is 7.44. The maximum absolute atomic E-state index is 5.60. The molecule has 21 heavy (non-hydrogen) atoms. The van der Waals surface area contributed by atoms with Crippen LogP contribution in [0.4, 0.5) is 5.69 Å². The van der Waals surface area contributed by atoms with E-state index in [2.05, 4.69) is 34.6 Å². The molecule has 2 atom stereocenters. The number of benzene rings is 1. The van der Waals surface area contributed by atoms with E-state index in [4.69, 9.17) is 9.15 Å². The van der Waals surface area contributed by atoms with E-state index in [0.717, 1.165) is 24.1 Å². The summed E-state index contributed by atoms with van der Waals surface area (Å²) >= 11 is 0. The van der Waals surface area contributed by atoms with Crippen molar-refractivity contribution in [1.82, 2.24) is 10.2 Å². The van der Waals surface area contributed by atoms with Crippen LogP contribution in [0.15, 0.2) is 29.0 Å². The number of nitrogens with one attached hydrogen (secondary N) is 1. The molecule has 1 N–H and O–H groups in total. The van der Waals surface area contributed by atoms with Crippen LogP contribution in [0.5, 0.6) is 0 Å². The summed E-state index contributed by atoms with van der Waals surface area (Å²) in [5.41, 5.74) is 3.26. The molecule has 112 valence electrons. The van der Waals surface area contributed by atoms with Gasteiger partial charge in [-0.3, -0.25) is 0 Å². The van der Waals surface area contributed by atoms with E-state index >= 15 is 0 Å². The molecule has 1 aromatic heterocycles. The molecule has 0 bridgehead atoms. The van der Waals surface area contributed by atoms with E-state index in [1.807, 2.05) is 6.07 Å². The first-order chi connectivity index (χ1) is 10.3. The molecule has 3 rings (SSSR count). The molecule has 1 saturated carbocycles. The van der Waals surface area contributed by atoms with Crippen LogP contribution in [0, 0.1) is 6.92 Å². The van der Waals surface area contributed by atoms with Crippen LogP contribution in [0.2, 0.25) is 0 Å². The van der Waals surface area contributed by atoms with Gasteiger partial charge in [0, 0.05) is 18.4 Å². The highest BCUT2D eigenvalue weighted by molar-refractivity contribution is 5.62. The Morgan fingerprint density at radius 2 is 2.14 bits per heavy atom. The van der Waals surface area contributed by atoms with E-state index in [1.54, 1.807) is 7.11 Å². The second-order valence-corrected chi connectivity index (χ2v) is 5.58. The van der Waals surface area contributed by atoms with Gasteiger partial charge in [-0.15, -0.1) is 10.2 Å². The summed E-state index contributed by atoms with van der Waals surface area (Å²) in [4.78, 5) is 0. The molecule has 1 aliphatic carbocycles. The van der Waals surface area contributed by atoms with Crippen LogP contribution in [0.3, 0.4) is 0 Å². The molecule has 0 radical (unpaired) electrons. The van der Waals surface area contributed by atoms with Crippen molar-refractivity contribution in [3.8, 4) is 11.5 Å². The van der Waals surface area contributed by atoms with Gasteiger partial charge < -0.3 is 14.5 Å². The maximum atomic E-state index is 5.60. The number of aromatic nitrogens is 2. The number of rotatable bonds is 4. The third-order valence-electron chi connectivity index (χ3n) is 4.18. The van der Waals surface area contributed by atoms with E-state index in [1.165, 1.54) is 24.8 Å². The van der Waals surface area contributed by atoms with Gasteiger partial charge in [-0.1, -0.05) is 12.8 Å². The second-order valence-electron chi connectivity index (χ2n) is 5.58. The van der Waals surface area contributed by atoms with Gasteiger partial charge in [-0.2, -0.15) is 0 Å². The van der Waals surface area contributed by atoms with E-state index in [-0.39, 0.29) is 0 Å². The van der Waals surface area contributed by atoms with Crippen molar-refractivity contribution in [1.29, 1.82) is 0 Å². The molecule has 0 amide bonds. The number of hydrogen-bond acceptors (Lipinski definition) is 5. The fraction of sp³-hybridized carbons (Fsp3) is 0.500. The molecule has 1 aliphatic rings. The molecule has 1 aromatic carbocycles. The fourth-order valence-electron chi connectivity index (χ4n) is 3.00. The highest BCUT2D eigenvalue weighted by Gasteiger charge is 2.25. The summed E-state index contributed by atoms with van der Waals surface area (Å²) in [6.07, 6.45) is 6.45. The Bertz CT molecular complexity index is 583. The van der Waals surface area contributed by atoms with Gasteiger partial charge in [0.2, 0.25) is 12.3 Å². The lowest BCUT2D eigenvalue weighted by Gasteiger charge is -2.32. The summed E-state index contributed by atoms with van der Waals surface area (Å²) in [5.74, 6) is 0.553. The molecule has 0 saturated heterocycles. The summed E-state index contributed by atoms with van der Waals surface area (Å²) in [6, 6.07) is 6.54. The molecule has 0 spiro atoms. The van der Waals surface area contributed by atoms with Crippen LogP contribution < -0.4 is 5.32 Å². The lowest BCUT2D eigenvalue weighted by Crippen LogP contribution is -2.37. The monoisotopic (exact) mass is 287 g/mol. The average Bonchev–Trinajstić information content (AvgIpc) is 3.04. The zero-order valence-corrected chi connectivity index (χ0v) is 12.5. The number of aryl methyl sites for hydroxylation is 1. The highest BCUT2D eigenvalue weighted by Crippen LogP contribution is 2.28. The van der Waals surface area contributed by atoms with Gasteiger partial charge in [-0.05, 0) is 43.5 Å². The van der Waals surface area contributed by atoms with Crippen LogP contribution in [0.1, 0.15) is 31.2 Å². The average molecular weight is 287 g/mol. The molecule has 2 unspecified atom stereocenters. The predicted molar refractivity (Wildman–Crippen MR) is 81.1 cm³/mol. The Morgan fingerprint density at radius 3 is 2.86 bits per heavy atom. The first kappa shape index (κ1) is 14.1. The largest absolute Gasteiger partial charge is 0.423 e. The topological polar surface area (TPSA) is 60.2 Å². The van der Waals surface area contributed by atoms with Crippen molar-refractivity contribution in [3.05, 3.63) is 30.2 Å². The van der Waals surface area contributed by atoms with Crippen molar-refractivity contribution >= 4 is 5.69 Å². The van der Waals surface area contributed by atoms with Crippen molar-refractivity contribution in [3.63, 3.8) is 0 Å². The Morgan fingerprint density at radius 1 is 1.29 bits per heavy atom. The molecule has 5 nitrogen and oxygen atoms in total. The third-order valence-corrected chi connectivity index (χ3v) is 4.18. The predicted octanol–water partition coefficient (Wildman–Crippen LogP) is 3.41. The molecule has 5 heteroatoms. The van der Waals surface area contributed by atoms with E-state index < -0.39 is 0 Å². The Hall–Kier alpha value is -1.88. The highest BCUT2D eigenvalue weighted by atomic mass is 16.5. The normalized spacial score (nSPS) is 22.2. The van der Waals surface area contributed by atoms with Crippen LogP contribution >= 0.6 is 0 Å². The number of methoxy groups -OCH3 is 1. The lowest BCUT2D eigenvalue weighted by molar-refractivity contribution is 0.0606. The quantitative estimate of drug-likeness (QED) is 0.933. The Labute approximate surface area is 124 Å². The molecule has 2 aromatic rings. The zero-order valence-electron chi connectivity index (χ0n) is 12.5. The summed E-state index contributed by atoms with van der Waals surface area (Å²) in [5, 5.41) is 11.3. The second kappa shape index (κ2) is 6.26. The van der Waals surface area contributed by atoms with Crippen LogP contribution in [0.25, 0.3) is 11.5 Å². The fourth-order valence-corrected chi connectivity index (χ4v) is 3.00. The van der Waals surface area contributed by atoms with Gasteiger partial charge in [0.1, 0.15) is 0 Å². The molecule has 1 fully saturated rings. The Balaban J connectivity index is 1.76. The first-order valence-electron chi connectivity index (χ1n) is 7.44. The van der Waals surface area contributed by atoms with Gasteiger partial charge in [0.15, 0.2) is 0 Å². The maximum Gasteiger partial charge on any atom is 0.247 e. The number of anilines is 1. The molecule has 1 heterocycles. The van der Waals surface area contributed by atoms with Crippen molar-refractivity contribution in [2.75, 3.05) is 12.4 Å². The minimum atomic E-state index is 0.300. The van der Waals surface area contributed by atoms with Gasteiger partial charge >= 0.3 is 0 Å². The number of hydrogen-bond donors (Lipinski definition) is 1. The SMILES string of the molecule is COC1CCCCC1Nc1ccc(-c2nnco2)cc1C. The van der Waals surface area contributed by atoms with Gasteiger partial charge in [0.25, 0.3) is 0 Å². The van der Waals surface area contributed by atoms with Crippen LogP contribution in [-0.2, 0) is 4.74 Å². The van der Waals surface area contributed by atoms with E-state index in [0.29, 0.717) is 18.0 Å². The van der Waals surface area contributed by atoms with Crippen molar-refractivity contribution in [2.24, 2.45) is 0 Å². The van der Waals surface area contributed by atoms with Crippen molar-refractivity contribution in [2.45, 2.75) is 44.8 Å². The summed E-state index contributed by atoms with van der Waals surface area (Å²) in [6.45, 7) is 2.09. The number of ether oxygens (including phenoxy) is 1. The standard InChI is InChI=1S/C16H21N3O2/c1-11-9-12(16-19-17-10-21-16)7-8-13(11)18-14-5-3-4-6-15(14)20-2/h7-10,14-15,18H,3-6H2,1-2H3. The molecule has 0 aliphatic heterocycles. The van der Waals surface area contributed by atoms with Crippen LogP contribution in [-0.4, -0.2) is 29.5 Å². The minimum absolute atomic E-state index is 0.300. The molecular formula is C16H21N3O2.